The zero-order valence-corrected chi connectivity index (χ0v) is 11.4. The van der Waals surface area contributed by atoms with Crippen LogP contribution in [-0.4, -0.2) is 36.8 Å². The molecule has 0 bridgehead atoms. The van der Waals surface area contributed by atoms with Crippen molar-refractivity contribution in [1.82, 2.24) is 9.29 Å². The summed E-state index contributed by atoms with van der Waals surface area (Å²) in [6.45, 7) is 2.70. The van der Waals surface area contributed by atoms with E-state index in [1.165, 1.54) is 4.31 Å². The van der Waals surface area contributed by atoms with Crippen LogP contribution in [-0.2, 0) is 10.0 Å². The molecular formula is C13H15N3O2S. The van der Waals surface area contributed by atoms with Crippen LogP contribution in [0.4, 0.5) is 0 Å². The Morgan fingerprint density at radius 1 is 1.32 bits per heavy atom. The van der Waals surface area contributed by atoms with Gasteiger partial charge in [-0.3, -0.25) is 4.98 Å². The fourth-order valence-electron chi connectivity index (χ4n) is 2.32. The van der Waals surface area contributed by atoms with Crippen LogP contribution < -0.4 is 5.73 Å². The summed E-state index contributed by atoms with van der Waals surface area (Å²) in [6.07, 6.45) is 1.67. The van der Waals surface area contributed by atoms with Crippen LogP contribution in [0.1, 0.15) is 5.56 Å². The largest absolute Gasteiger partial charge is 0.325 e. The predicted molar refractivity (Wildman–Crippen MR) is 73.2 cm³/mol. The number of benzene rings is 1. The number of nitrogens with zero attached hydrogens (tertiary/aromatic N) is 2. The van der Waals surface area contributed by atoms with Gasteiger partial charge in [0, 0.05) is 30.7 Å². The van der Waals surface area contributed by atoms with Crippen molar-refractivity contribution in [1.29, 1.82) is 0 Å². The average Bonchev–Trinajstić information content (AvgIpc) is 2.35. The summed E-state index contributed by atoms with van der Waals surface area (Å²) in [7, 11) is -3.47. The third-order valence-electron chi connectivity index (χ3n) is 3.43. The molecule has 0 atom stereocenters. The normalized spacial score (nSPS) is 17.6. The first-order valence-electron chi connectivity index (χ1n) is 6.10. The van der Waals surface area contributed by atoms with Crippen LogP contribution in [0, 0.1) is 6.92 Å². The van der Waals surface area contributed by atoms with Gasteiger partial charge in [-0.15, -0.1) is 0 Å². The highest BCUT2D eigenvalue weighted by Gasteiger charge is 2.35. The Labute approximate surface area is 112 Å². The Kier molecular flexibility index (Phi) is 2.81. The molecule has 0 amide bonds. The molecule has 3 rings (SSSR count). The maximum absolute atomic E-state index is 12.5. The number of sulfonamides is 1. The standard InChI is InChI=1S/C13H15N3O2S/c1-9-4-5-12(11-3-2-6-15-13(9)11)19(17,18)16-7-10(14)8-16/h2-6,10H,7-8,14H2,1H3. The number of pyridine rings is 1. The molecule has 2 N–H and O–H groups in total. The Balaban J connectivity index is 2.18. The van der Waals surface area contributed by atoms with E-state index in [1.807, 2.05) is 6.92 Å². The Bertz CT molecular complexity index is 737. The van der Waals surface area contributed by atoms with E-state index in [-0.39, 0.29) is 6.04 Å². The van der Waals surface area contributed by atoms with E-state index in [0.29, 0.717) is 23.4 Å². The first-order valence-corrected chi connectivity index (χ1v) is 7.54. The van der Waals surface area contributed by atoms with Crippen molar-refractivity contribution in [3.05, 3.63) is 36.0 Å². The van der Waals surface area contributed by atoms with E-state index < -0.39 is 10.0 Å². The molecule has 0 aliphatic carbocycles. The van der Waals surface area contributed by atoms with E-state index in [1.54, 1.807) is 30.5 Å². The molecule has 0 spiro atoms. The van der Waals surface area contributed by atoms with Gasteiger partial charge in [-0.1, -0.05) is 6.07 Å². The molecule has 1 aromatic carbocycles. The van der Waals surface area contributed by atoms with Crippen molar-refractivity contribution in [2.75, 3.05) is 13.1 Å². The van der Waals surface area contributed by atoms with Gasteiger partial charge in [0.05, 0.1) is 10.4 Å². The van der Waals surface area contributed by atoms with Gasteiger partial charge in [-0.25, -0.2) is 8.42 Å². The van der Waals surface area contributed by atoms with Crippen molar-refractivity contribution in [2.45, 2.75) is 17.9 Å². The van der Waals surface area contributed by atoms with Crippen LogP contribution in [0.2, 0.25) is 0 Å². The van der Waals surface area contributed by atoms with Crippen molar-refractivity contribution < 1.29 is 8.42 Å². The van der Waals surface area contributed by atoms with E-state index in [2.05, 4.69) is 4.98 Å². The van der Waals surface area contributed by atoms with E-state index in [9.17, 15) is 8.42 Å². The number of aromatic nitrogens is 1. The quantitative estimate of drug-likeness (QED) is 0.884. The Morgan fingerprint density at radius 2 is 2.05 bits per heavy atom. The Morgan fingerprint density at radius 3 is 2.74 bits per heavy atom. The zero-order chi connectivity index (χ0) is 13.6. The van der Waals surface area contributed by atoms with Crippen molar-refractivity contribution in [3.8, 4) is 0 Å². The summed E-state index contributed by atoms with van der Waals surface area (Å²) in [6, 6.07) is 6.94. The average molecular weight is 277 g/mol. The minimum Gasteiger partial charge on any atom is -0.325 e. The highest BCUT2D eigenvalue weighted by molar-refractivity contribution is 7.89. The second-order valence-corrected chi connectivity index (χ2v) is 6.77. The molecule has 1 saturated heterocycles. The maximum Gasteiger partial charge on any atom is 0.243 e. The van der Waals surface area contributed by atoms with Gasteiger partial charge in [0.15, 0.2) is 0 Å². The number of hydrogen-bond donors (Lipinski definition) is 1. The number of rotatable bonds is 2. The van der Waals surface area contributed by atoms with E-state index >= 15 is 0 Å². The van der Waals surface area contributed by atoms with Crippen LogP contribution in [0.3, 0.4) is 0 Å². The molecule has 0 saturated carbocycles. The molecule has 1 aromatic heterocycles. The van der Waals surface area contributed by atoms with Gasteiger partial charge in [0.1, 0.15) is 0 Å². The molecule has 0 radical (unpaired) electrons. The number of nitrogens with two attached hydrogens (primary N) is 1. The van der Waals surface area contributed by atoms with Gasteiger partial charge < -0.3 is 5.73 Å². The lowest BCUT2D eigenvalue weighted by molar-refractivity contribution is 0.266. The molecule has 19 heavy (non-hydrogen) atoms. The van der Waals surface area contributed by atoms with Crippen LogP contribution >= 0.6 is 0 Å². The second kappa shape index (κ2) is 4.26. The lowest BCUT2D eigenvalue weighted by atomic mass is 10.1. The van der Waals surface area contributed by atoms with Crippen molar-refractivity contribution in [2.24, 2.45) is 5.73 Å². The summed E-state index contributed by atoms with van der Waals surface area (Å²) >= 11 is 0. The van der Waals surface area contributed by atoms with Crippen molar-refractivity contribution >= 4 is 20.9 Å². The van der Waals surface area contributed by atoms with Crippen molar-refractivity contribution in [3.63, 3.8) is 0 Å². The topological polar surface area (TPSA) is 76.3 Å². The summed E-state index contributed by atoms with van der Waals surface area (Å²) in [5.41, 5.74) is 7.36. The number of aryl methyl sites for hydroxylation is 1. The third kappa shape index (κ3) is 1.92. The molecular weight excluding hydrogens is 262 g/mol. The third-order valence-corrected chi connectivity index (χ3v) is 5.32. The minimum atomic E-state index is -3.47. The molecule has 100 valence electrons. The molecule has 6 heteroatoms. The van der Waals surface area contributed by atoms with E-state index in [4.69, 9.17) is 5.73 Å². The van der Waals surface area contributed by atoms with Gasteiger partial charge >= 0.3 is 0 Å². The van der Waals surface area contributed by atoms with Crippen LogP contribution in [0.15, 0.2) is 35.4 Å². The second-order valence-electron chi connectivity index (χ2n) is 4.86. The molecule has 0 unspecified atom stereocenters. The number of hydrogen-bond acceptors (Lipinski definition) is 4. The summed E-state index contributed by atoms with van der Waals surface area (Å²) in [4.78, 5) is 4.58. The number of fused-ring (bicyclic) bond motifs is 1. The SMILES string of the molecule is Cc1ccc(S(=O)(=O)N2CC(N)C2)c2cccnc12. The molecule has 5 nitrogen and oxygen atoms in total. The van der Waals surface area contributed by atoms with Crippen LogP contribution in [0.25, 0.3) is 10.9 Å². The van der Waals surface area contributed by atoms with Gasteiger partial charge in [0.25, 0.3) is 0 Å². The fraction of sp³-hybridized carbons (Fsp3) is 0.308. The smallest absolute Gasteiger partial charge is 0.243 e. The van der Waals surface area contributed by atoms with Gasteiger partial charge in [-0.2, -0.15) is 4.31 Å². The molecule has 2 aromatic rings. The Hall–Kier alpha value is -1.50. The summed E-state index contributed by atoms with van der Waals surface area (Å²) < 4.78 is 26.5. The van der Waals surface area contributed by atoms with Crippen LogP contribution in [0.5, 0.6) is 0 Å². The van der Waals surface area contributed by atoms with Gasteiger partial charge in [0.2, 0.25) is 10.0 Å². The lowest BCUT2D eigenvalue weighted by Gasteiger charge is -2.35. The fourth-order valence-corrected chi connectivity index (χ4v) is 4.05. The summed E-state index contributed by atoms with van der Waals surface area (Å²) in [5.74, 6) is 0. The first-order chi connectivity index (χ1) is 9.00. The summed E-state index contributed by atoms with van der Waals surface area (Å²) in [5, 5.41) is 0.669. The minimum absolute atomic E-state index is 0.0513. The predicted octanol–water partition coefficient (Wildman–Crippen LogP) is 0.875. The molecule has 2 heterocycles. The van der Waals surface area contributed by atoms with Gasteiger partial charge in [-0.05, 0) is 30.7 Å². The highest BCUT2D eigenvalue weighted by atomic mass is 32.2. The lowest BCUT2D eigenvalue weighted by Crippen LogP contribution is -2.57. The molecule has 1 fully saturated rings. The maximum atomic E-state index is 12.5. The molecule has 1 aliphatic heterocycles. The molecule has 1 aliphatic rings. The highest BCUT2D eigenvalue weighted by Crippen LogP contribution is 2.28. The van der Waals surface area contributed by atoms with E-state index in [0.717, 1.165) is 11.1 Å². The first kappa shape index (κ1) is 12.5. The zero-order valence-electron chi connectivity index (χ0n) is 10.6. The monoisotopic (exact) mass is 277 g/mol.